The van der Waals surface area contributed by atoms with Crippen LogP contribution in [-0.4, -0.2) is 61.4 Å². The van der Waals surface area contributed by atoms with Gasteiger partial charge < -0.3 is 4.90 Å². The lowest BCUT2D eigenvalue weighted by Crippen LogP contribution is -2.48. The van der Waals surface area contributed by atoms with Crippen molar-refractivity contribution in [1.82, 2.24) is 29.4 Å². The zero-order chi connectivity index (χ0) is 17.1. The van der Waals surface area contributed by atoms with Crippen LogP contribution in [0.5, 0.6) is 0 Å². The zero-order valence-corrected chi connectivity index (χ0v) is 14.8. The standard InChI is InChI=1S/C17H26N6O/c1-4-22-13-15(14(3)19-22)12-20-8-10-21(11-9-20)17(24)16-6-7-18-23(16)5-2/h6-7,13H,4-5,8-12H2,1-3H3. The molecule has 0 radical (unpaired) electrons. The Kier molecular flexibility index (Phi) is 4.99. The van der Waals surface area contributed by atoms with E-state index in [1.807, 2.05) is 16.5 Å². The minimum absolute atomic E-state index is 0.0870. The Labute approximate surface area is 142 Å². The highest BCUT2D eigenvalue weighted by Crippen LogP contribution is 2.13. The van der Waals surface area contributed by atoms with Crippen molar-refractivity contribution in [2.45, 2.75) is 40.4 Å². The predicted molar refractivity (Wildman–Crippen MR) is 91.7 cm³/mol. The van der Waals surface area contributed by atoms with Gasteiger partial charge in [0.1, 0.15) is 5.69 Å². The number of aryl methyl sites for hydroxylation is 3. The van der Waals surface area contributed by atoms with Crippen LogP contribution in [0.3, 0.4) is 0 Å². The average Bonchev–Trinajstić information content (AvgIpc) is 3.21. The van der Waals surface area contributed by atoms with Crippen LogP contribution in [0.1, 0.15) is 35.6 Å². The molecule has 0 N–H and O–H groups in total. The van der Waals surface area contributed by atoms with Crippen molar-refractivity contribution in [3.05, 3.63) is 35.4 Å². The fourth-order valence-corrected chi connectivity index (χ4v) is 3.15. The molecule has 1 saturated heterocycles. The summed E-state index contributed by atoms with van der Waals surface area (Å²) in [5.41, 5.74) is 3.06. The van der Waals surface area contributed by atoms with Crippen molar-refractivity contribution in [2.24, 2.45) is 0 Å². The minimum atomic E-state index is 0.0870. The van der Waals surface area contributed by atoms with Gasteiger partial charge in [0, 0.05) is 63.8 Å². The molecule has 2 aromatic heterocycles. The molecule has 3 rings (SSSR count). The van der Waals surface area contributed by atoms with Gasteiger partial charge in [-0.05, 0) is 26.8 Å². The summed E-state index contributed by atoms with van der Waals surface area (Å²) < 4.78 is 3.74. The molecule has 1 amide bonds. The summed E-state index contributed by atoms with van der Waals surface area (Å²) in [6.45, 7) is 12.0. The van der Waals surface area contributed by atoms with Gasteiger partial charge in [0.05, 0.1) is 5.69 Å². The zero-order valence-electron chi connectivity index (χ0n) is 14.8. The maximum Gasteiger partial charge on any atom is 0.272 e. The third-order valence-corrected chi connectivity index (χ3v) is 4.66. The van der Waals surface area contributed by atoms with Gasteiger partial charge in [0.25, 0.3) is 5.91 Å². The van der Waals surface area contributed by atoms with E-state index in [0.717, 1.165) is 45.0 Å². The number of aromatic nitrogens is 4. The lowest BCUT2D eigenvalue weighted by Gasteiger charge is -2.34. The molecular formula is C17H26N6O. The van der Waals surface area contributed by atoms with Gasteiger partial charge >= 0.3 is 0 Å². The van der Waals surface area contributed by atoms with Gasteiger partial charge in [-0.2, -0.15) is 10.2 Å². The first-order valence-corrected chi connectivity index (χ1v) is 8.68. The summed E-state index contributed by atoms with van der Waals surface area (Å²) in [4.78, 5) is 17.0. The van der Waals surface area contributed by atoms with E-state index in [2.05, 4.69) is 35.1 Å². The first-order chi connectivity index (χ1) is 11.6. The number of nitrogens with zero attached hydrogens (tertiary/aromatic N) is 6. The molecule has 130 valence electrons. The summed E-state index contributed by atoms with van der Waals surface area (Å²) in [7, 11) is 0. The summed E-state index contributed by atoms with van der Waals surface area (Å²) in [5.74, 6) is 0.0870. The second kappa shape index (κ2) is 7.17. The van der Waals surface area contributed by atoms with Crippen LogP contribution in [0.15, 0.2) is 18.5 Å². The summed E-state index contributed by atoms with van der Waals surface area (Å²) in [5, 5.41) is 8.70. The maximum atomic E-state index is 12.6. The molecule has 1 fully saturated rings. The van der Waals surface area contributed by atoms with E-state index in [1.165, 1.54) is 5.56 Å². The molecular weight excluding hydrogens is 304 g/mol. The number of piperazine rings is 1. The lowest BCUT2D eigenvalue weighted by atomic mass is 10.2. The van der Waals surface area contributed by atoms with Gasteiger partial charge in [-0.25, -0.2) is 0 Å². The first kappa shape index (κ1) is 16.7. The molecule has 24 heavy (non-hydrogen) atoms. The van der Waals surface area contributed by atoms with Gasteiger partial charge in [-0.1, -0.05) is 0 Å². The van der Waals surface area contributed by atoms with E-state index in [0.29, 0.717) is 12.2 Å². The van der Waals surface area contributed by atoms with E-state index in [4.69, 9.17) is 0 Å². The second-order valence-corrected chi connectivity index (χ2v) is 6.20. The number of amides is 1. The molecule has 3 heterocycles. The van der Waals surface area contributed by atoms with Crippen LogP contribution in [0, 0.1) is 6.92 Å². The van der Waals surface area contributed by atoms with Crippen LogP contribution in [-0.2, 0) is 19.6 Å². The number of carbonyl (C=O) groups is 1. The normalized spacial score (nSPS) is 15.9. The van der Waals surface area contributed by atoms with Crippen LogP contribution < -0.4 is 0 Å². The Hall–Kier alpha value is -2.15. The van der Waals surface area contributed by atoms with Crippen molar-refractivity contribution >= 4 is 5.91 Å². The maximum absolute atomic E-state index is 12.6. The summed E-state index contributed by atoms with van der Waals surface area (Å²) >= 11 is 0. The van der Waals surface area contributed by atoms with E-state index in [-0.39, 0.29) is 5.91 Å². The van der Waals surface area contributed by atoms with Crippen molar-refractivity contribution < 1.29 is 4.79 Å². The number of hydrogen-bond donors (Lipinski definition) is 0. The quantitative estimate of drug-likeness (QED) is 0.831. The van der Waals surface area contributed by atoms with E-state index in [9.17, 15) is 4.79 Å². The van der Waals surface area contributed by atoms with Crippen LogP contribution in [0.25, 0.3) is 0 Å². The third kappa shape index (κ3) is 3.36. The molecule has 0 bridgehead atoms. The SMILES string of the molecule is CCn1cc(CN2CCN(C(=O)c3ccnn3CC)CC2)c(C)n1. The van der Waals surface area contributed by atoms with Gasteiger partial charge in [-0.15, -0.1) is 0 Å². The Morgan fingerprint density at radius 3 is 2.54 bits per heavy atom. The van der Waals surface area contributed by atoms with E-state index in [1.54, 1.807) is 16.9 Å². The Bertz CT molecular complexity index is 696. The van der Waals surface area contributed by atoms with Crippen LogP contribution >= 0.6 is 0 Å². The molecule has 0 aliphatic carbocycles. The number of carbonyl (C=O) groups excluding carboxylic acids is 1. The topological polar surface area (TPSA) is 59.2 Å². The second-order valence-electron chi connectivity index (χ2n) is 6.20. The molecule has 7 heteroatoms. The van der Waals surface area contributed by atoms with Gasteiger partial charge in [0.15, 0.2) is 0 Å². The van der Waals surface area contributed by atoms with Gasteiger partial charge in [-0.3, -0.25) is 19.1 Å². The van der Waals surface area contributed by atoms with Crippen LogP contribution in [0.4, 0.5) is 0 Å². The van der Waals surface area contributed by atoms with Crippen molar-refractivity contribution in [3.8, 4) is 0 Å². The van der Waals surface area contributed by atoms with Crippen LogP contribution in [0.2, 0.25) is 0 Å². The Balaban J connectivity index is 1.57. The molecule has 7 nitrogen and oxygen atoms in total. The van der Waals surface area contributed by atoms with E-state index < -0.39 is 0 Å². The predicted octanol–water partition coefficient (Wildman–Crippen LogP) is 1.39. The highest BCUT2D eigenvalue weighted by Gasteiger charge is 2.24. The first-order valence-electron chi connectivity index (χ1n) is 8.68. The van der Waals surface area contributed by atoms with Crippen molar-refractivity contribution in [1.29, 1.82) is 0 Å². The fraction of sp³-hybridized carbons (Fsp3) is 0.588. The number of hydrogen-bond acceptors (Lipinski definition) is 4. The largest absolute Gasteiger partial charge is 0.335 e. The number of rotatable bonds is 5. The molecule has 0 aromatic carbocycles. The Morgan fingerprint density at radius 1 is 1.17 bits per heavy atom. The molecule has 0 atom stereocenters. The monoisotopic (exact) mass is 330 g/mol. The van der Waals surface area contributed by atoms with E-state index >= 15 is 0 Å². The van der Waals surface area contributed by atoms with Gasteiger partial charge in [0.2, 0.25) is 0 Å². The highest BCUT2D eigenvalue weighted by atomic mass is 16.2. The van der Waals surface area contributed by atoms with Crippen molar-refractivity contribution in [3.63, 3.8) is 0 Å². The summed E-state index contributed by atoms with van der Waals surface area (Å²) in [6, 6.07) is 1.81. The molecule has 0 spiro atoms. The molecule has 1 aliphatic heterocycles. The minimum Gasteiger partial charge on any atom is -0.335 e. The Morgan fingerprint density at radius 2 is 1.92 bits per heavy atom. The highest BCUT2D eigenvalue weighted by molar-refractivity contribution is 5.92. The third-order valence-electron chi connectivity index (χ3n) is 4.66. The van der Waals surface area contributed by atoms with Crippen molar-refractivity contribution in [2.75, 3.05) is 26.2 Å². The smallest absolute Gasteiger partial charge is 0.272 e. The summed E-state index contributed by atoms with van der Waals surface area (Å²) in [6.07, 6.45) is 3.83. The lowest BCUT2D eigenvalue weighted by molar-refractivity contribution is 0.0616. The fourth-order valence-electron chi connectivity index (χ4n) is 3.15. The average molecular weight is 330 g/mol. The molecule has 0 saturated carbocycles. The molecule has 1 aliphatic rings. The molecule has 2 aromatic rings. The molecule has 0 unspecified atom stereocenters.